The van der Waals surface area contributed by atoms with Gasteiger partial charge >= 0.3 is 0 Å². The molecule has 156 valence electrons. The standard InChI is InChI=1S/C22H26N6O2/c1-26-9-8-23-20(22(26)29)28-12-10-27(11-13-28)16-6-7-19-18(14-16)21(25-15-24-19)30-17-4-2-3-5-17/h6-9,14-15,17H,2-5,10-13H2,1H3. The van der Waals surface area contributed by atoms with Crippen molar-refractivity contribution in [1.29, 1.82) is 0 Å². The molecule has 2 fully saturated rings. The molecule has 2 aromatic heterocycles. The number of ether oxygens (including phenoxy) is 1. The molecule has 0 amide bonds. The summed E-state index contributed by atoms with van der Waals surface area (Å²) in [5, 5.41) is 0.961. The van der Waals surface area contributed by atoms with Gasteiger partial charge in [-0.1, -0.05) is 0 Å². The molecule has 8 heteroatoms. The van der Waals surface area contributed by atoms with E-state index in [2.05, 4.69) is 36.9 Å². The smallest absolute Gasteiger partial charge is 0.293 e. The molecule has 0 unspecified atom stereocenters. The van der Waals surface area contributed by atoms with Crippen LogP contribution in [0.4, 0.5) is 11.5 Å². The van der Waals surface area contributed by atoms with Crippen LogP contribution < -0.4 is 20.1 Å². The summed E-state index contributed by atoms with van der Waals surface area (Å²) in [7, 11) is 1.76. The second kappa shape index (κ2) is 7.93. The van der Waals surface area contributed by atoms with Crippen molar-refractivity contribution in [3.05, 3.63) is 47.3 Å². The van der Waals surface area contributed by atoms with E-state index in [1.165, 1.54) is 12.8 Å². The Morgan fingerprint density at radius 2 is 1.77 bits per heavy atom. The van der Waals surface area contributed by atoms with Gasteiger partial charge in [0.1, 0.15) is 12.4 Å². The maximum Gasteiger partial charge on any atom is 0.293 e. The number of fused-ring (bicyclic) bond motifs is 1. The van der Waals surface area contributed by atoms with Gasteiger partial charge in [0, 0.05) is 51.3 Å². The molecule has 0 radical (unpaired) electrons. The molecule has 1 aliphatic heterocycles. The molecule has 0 spiro atoms. The molecule has 0 atom stereocenters. The van der Waals surface area contributed by atoms with Crippen LogP contribution in [0, 0.1) is 0 Å². The molecule has 5 rings (SSSR count). The Morgan fingerprint density at radius 1 is 1.00 bits per heavy atom. The Labute approximate surface area is 175 Å². The van der Waals surface area contributed by atoms with E-state index in [-0.39, 0.29) is 11.7 Å². The highest BCUT2D eigenvalue weighted by atomic mass is 16.5. The molecular weight excluding hydrogens is 380 g/mol. The zero-order valence-corrected chi connectivity index (χ0v) is 17.2. The van der Waals surface area contributed by atoms with Crippen LogP contribution in [0.25, 0.3) is 10.9 Å². The number of benzene rings is 1. The highest BCUT2D eigenvalue weighted by Gasteiger charge is 2.22. The van der Waals surface area contributed by atoms with E-state index in [0.29, 0.717) is 11.7 Å². The number of aryl methyl sites for hydroxylation is 1. The number of anilines is 2. The SMILES string of the molecule is Cn1ccnc(N2CCN(c3ccc4ncnc(OC5CCCC5)c4c3)CC2)c1=O. The first-order valence-corrected chi connectivity index (χ1v) is 10.6. The first-order valence-electron chi connectivity index (χ1n) is 10.6. The predicted octanol–water partition coefficient (Wildman–Crippen LogP) is 2.37. The van der Waals surface area contributed by atoms with Crippen molar-refractivity contribution in [3.63, 3.8) is 0 Å². The van der Waals surface area contributed by atoms with Gasteiger partial charge in [0.2, 0.25) is 5.88 Å². The van der Waals surface area contributed by atoms with Crippen LogP contribution in [-0.2, 0) is 7.05 Å². The van der Waals surface area contributed by atoms with Crippen LogP contribution in [0.5, 0.6) is 5.88 Å². The van der Waals surface area contributed by atoms with Gasteiger partial charge in [0.05, 0.1) is 10.9 Å². The summed E-state index contributed by atoms with van der Waals surface area (Å²) < 4.78 is 7.78. The molecule has 30 heavy (non-hydrogen) atoms. The number of aromatic nitrogens is 4. The Hall–Kier alpha value is -3.16. The molecule has 1 saturated heterocycles. The van der Waals surface area contributed by atoms with Crippen molar-refractivity contribution >= 4 is 22.4 Å². The summed E-state index contributed by atoms with van der Waals surface area (Å²) in [6.07, 6.45) is 9.85. The maximum atomic E-state index is 12.4. The number of hydrogen-bond acceptors (Lipinski definition) is 7. The van der Waals surface area contributed by atoms with Crippen molar-refractivity contribution in [1.82, 2.24) is 19.5 Å². The fourth-order valence-electron chi connectivity index (χ4n) is 4.35. The Bertz CT molecular complexity index is 1100. The van der Waals surface area contributed by atoms with Crippen molar-refractivity contribution in [2.45, 2.75) is 31.8 Å². The molecule has 1 saturated carbocycles. The zero-order valence-electron chi connectivity index (χ0n) is 17.2. The van der Waals surface area contributed by atoms with E-state index in [0.717, 1.165) is 55.6 Å². The fourth-order valence-corrected chi connectivity index (χ4v) is 4.35. The zero-order chi connectivity index (χ0) is 20.5. The minimum Gasteiger partial charge on any atom is -0.474 e. The number of hydrogen-bond donors (Lipinski definition) is 0. The van der Waals surface area contributed by atoms with Gasteiger partial charge in [-0.2, -0.15) is 0 Å². The first-order chi connectivity index (χ1) is 14.7. The maximum absolute atomic E-state index is 12.4. The van der Waals surface area contributed by atoms with Gasteiger partial charge in [-0.05, 0) is 43.9 Å². The van der Waals surface area contributed by atoms with Crippen molar-refractivity contribution in [2.75, 3.05) is 36.0 Å². The lowest BCUT2D eigenvalue weighted by molar-refractivity contribution is 0.204. The summed E-state index contributed by atoms with van der Waals surface area (Å²) in [6.45, 7) is 3.14. The molecule has 0 N–H and O–H groups in total. The minimum absolute atomic E-state index is 0.0532. The average molecular weight is 406 g/mol. The third kappa shape index (κ3) is 3.58. The topological polar surface area (TPSA) is 76.4 Å². The van der Waals surface area contributed by atoms with Gasteiger partial charge in [-0.15, -0.1) is 0 Å². The summed E-state index contributed by atoms with van der Waals surface area (Å²) >= 11 is 0. The van der Waals surface area contributed by atoms with Crippen molar-refractivity contribution < 1.29 is 4.74 Å². The van der Waals surface area contributed by atoms with Crippen molar-refractivity contribution in [3.8, 4) is 5.88 Å². The molecule has 1 aromatic carbocycles. The third-order valence-electron chi connectivity index (χ3n) is 6.11. The summed E-state index contributed by atoms with van der Waals surface area (Å²) in [6, 6.07) is 6.27. The van der Waals surface area contributed by atoms with E-state index in [9.17, 15) is 4.79 Å². The Kier molecular flexibility index (Phi) is 4.98. The van der Waals surface area contributed by atoms with Crippen LogP contribution in [-0.4, -0.2) is 51.8 Å². The molecule has 2 aliphatic rings. The van der Waals surface area contributed by atoms with Gasteiger partial charge in [0.25, 0.3) is 5.56 Å². The normalized spacial score (nSPS) is 17.6. The van der Waals surface area contributed by atoms with E-state index in [1.807, 2.05) is 6.07 Å². The third-order valence-corrected chi connectivity index (χ3v) is 6.11. The highest BCUT2D eigenvalue weighted by Crippen LogP contribution is 2.30. The van der Waals surface area contributed by atoms with Crippen LogP contribution in [0.3, 0.4) is 0 Å². The number of piperazine rings is 1. The van der Waals surface area contributed by atoms with Crippen LogP contribution in [0.2, 0.25) is 0 Å². The average Bonchev–Trinajstić information content (AvgIpc) is 3.29. The van der Waals surface area contributed by atoms with Crippen molar-refractivity contribution in [2.24, 2.45) is 7.05 Å². The lowest BCUT2D eigenvalue weighted by Gasteiger charge is -2.36. The minimum atomic E-state index is -0.0532. The molecule has 1 aliphatic carbocycles. The van der Waals surface area contributed by atoms with E-state index in [1.54, 1.807) is 30.3 Å². The second-order valence-corrected chi connectivity index (χ2v) is 8.05. The molecular formula is C22H26N6O2. The fraction of sp³-hybridized carbons (Fsp3) is 0.455. The Balaban J connectivity index is 1.35. The lowest BCUT2D eigenvalue weighted by atomic mass is 10.2. The summed E-state index contributed by atoms with van der Waals surface area (Å²) in [5.41, 5.74) is 1.97. The largest absolute Gasteiger partial charge is 0.474 e. The highest BCUT2D eigenvalue weighted by molar-refractivity contribution is 5.86. The van der Waals surface area contributed by atoms with Crippen LogP contribution in [0.1, 0.15) is 25.7 Å². The second-order valence-electron chi connectivity index (χ2n) is 8.05. The summed E-state index contributed by atoms with van der Waals surface area (Å²) in [4.78, 5) is 29.9. The number of rotatable bonds is 4. The Morgan fingerprint density at radius 3 is 2.57 bits per heavy atom. The monoisotopic (exact) mass is 406 g/mol. The molecule has 8 nitrogen and oxygen atoms in total. The van der Waals surface area contributed by atoms with E-state index in [4.69, 9.17) is 4.74 Å². The van der Waals surface area contributed by atoms with Gasteiger partial charge < -0.3 is 19.1 Å². The predicted molar refractivity (Wildman–Crippen MR) is 116 cm³/mol. The summed E-state index contributed by atoms with van der Waals surface area (Å²) in [5.74, 6) is 1.21. The van der Waals surface area contributed by atoms with Gasteiger partial charge in [-0.25, -0.2) is 15.0 Å². The lowest BCUT2D eigenvalue weighted by Crippen LogP contribution is -2.48. The molecule has 0 bridgehead atoms. The molecule has 3 aromatic rings. The first kappa shape index (κ1) is 18.8. The van der Waals surface area contributed by atoms with Crippen LogP contribution in [0.15, 0.2) is 41.7 Å². The number of nitrogens with zero attached hydrogens (tertiary/aromatic N) is 6. The van der Waals surface area contributed by atoms with E-state index >= 15 is 0 Å². The van der Waals surface area contributed by atoms with Gasteiger partial charge in [-0.3, -0.25) is 4.79 Å². The quantitative estimate of drug-likeness (QED) is 0.658. The van der Waals surface area contributed by atoms with Crippen LogP contribution >= 0.6 is 0 Å². The molecule has 3 heterocycles. The van der Waals surface area contributed by atoms with Gasteiger partial charge in [0.15, 0.2) is 5.82 Å². The van der Waals surface area contributed by atoms with E-state index < -0.39 is 0 Å².